The molecule has 1 aromatic rings. The zero-order valence-corrected chi connectivity index (χ0v) is 16.2. The van der Waals surface area contributed by atoms with Gasteiger partial charge < -0.3 is 14.4 Å². The summed E-state index contributed by atoms with van der Waals surface area (Å²) in [5, 5.41) is 0. The number of benzene rings is 1. The topological polar surface area (TPSA) is 84.9 Å². The van der Waals surface area contributed by atoms with Crippen LogP contribution in [0.15, 0.2) is 24.3 Å². The zero-order valence-electron chi connectivity index (χ0n) is 15.4. The van der Waals surface area contributed by atoms with Gasteiger partial charge in [-0.1, -0.05) is 6.07 Å². The van der Waals surface area contributed by atoms with Crippen molar-refractivity contribution in [2.45, 2.75) is 25.3 Å². The van der Waals surface area contributed by atoms with Gasteiger partial charge >= 0.3 is 0 Å². The lowest BCUT2D eigenvalue weighted by atomic mass is 10.0. The van der Waals surface area contributed by atoms with Gasteiger partial charge in [-0.2, -0.15) is 0 Å². The van der Waals surface area contributed by atoms with Crippen LogP contribution in [0.25, 0.3) is 6.08 Å². The molecule has 1 N–H and O–H groups in total. The molecule has 0 bridgehead atoms. The Balaban J connectivity index is 2.07. The Morgan fingerprint density at radius 2 is 2.00 bits per heavy atom. The van der Waals surface area contributed by atoms with Crippen molar-refractivity contribution in [3.63, 3.8) is 0 Å². The van der Waals surface area contributed by atoms with Crippen LogP contribution in [-0.4, -0.2) is 58.8 Å². The number of rotatable bonds is 7. The minimum Gasteiger partial charge on any atom is -0.493 e. The van der Waals surface area contributed by atoms with Crippen molar-refractivity contribution in [1.29, 1.82) is 0 Å². The van der Waals surface area contributed by atoms with Crippen LogP contribution in [0.1, 0.15) is 24.8 Å². The third-order valence-corrected chi connectivity index (χ3v) is 5.01. The van der Waals surface area contributed by atoms with Gasteiger partial charge in [0.05, 0.1) is 20.5 Å². The third-order valence-electron chi connectivity index (χ3n) is 4.32. The fourth-order valence-corrected chi connectivity index (χ4v) is 3.47. The molecule has 1 amide bonds. The molecule has 1 aliphatic rings. The van der Waals surface area contributed by atoms with Gasteiger partial charge in [0.25, 0.3) is 0 Å². The summed E-state index contributed by atoms with van der Waals surface area (Å²) in [6, 6.07) is 5.29. The molecule has 1 aromatic carbocycles. The highest BCUT2D eigenvalue weighted by atomic mass is 32.2. The predicted molar refractivity (Wildman–Crippen MR) is 101 cm³/mol. The summed E-state index contributed by atoms with van der Waals surface area (Å²) in [7, 11) is -0.147. The van der Waals surface area contributed by atoms with Gasteiger partial charge in [0.15, 0.2) is 11.5 Å². The van der Waals surface area contributed by atoms with E-state index in [4.69, 9.17) is 9.47 Å². The SMILES string of the molecule is COc1ccc(/C=C/C(=O)N2CCCCC2CNS(C)(=O)=O)cc1OC. The maximum Gasteiger partial charge on any atom is 0.246 e. The molecular weight excluding hydrogens is 356 g/mol. The molecule has 8 heteroatoms. The molecule has 1 saturated heterocycles. The third kappa shape index (κ3) is 5.74. The maximum absolute atomic E-state index is 12.6. The fourth-order valence-electron chi connectivity index (χ4n) is 2.97. The van der Waals surface area contributed by atoms with E-state index in [0.717, 1.165) is 31.1 Å². The van der Waals surface area contributed by atoms with E-state index < -0.39 is 10.0 Å². The van der Waals surface area contributed by atoms with E-state index in [1.165, 1.54) is 6.08 Å². The summed E-state index contributed by atoms with van der Waals surface area (Å²) in [4.78, 5) is 14.3. The summed E-state index contributed by atoms with van der Waals surface area (Å²) >= 11 is 0. The molecule has 1 unspecified atom stereocenters. The van der Waals surface area contributed by atoms with Crippen molar-refractivity contribution in [3.8, 4) is 11.5 Å². The highest BCUT2D eigenvalue weighted by Crippen LogP contribution is 2.28. The van der Waals surface area contributed by atoms with Crippen LogP contribution >= 0.6 is 0 Å². The van der Waals surface area contributed by atoms with Gasteiger partial charge in [-0.3, -0.25) is 4.79 Å². The maximum atomic E-state index is 12.6. The van der Waals surface area contributed by atoms with Crippen molar-refractivity contribution < 1.29 is 22.7 Å². The Kier molecular flexibility index (Phi) is 7.05. The van der Waals surface area contributed by atoms with E-state index in [9.17, 15) is 13.2 Å². The summed E-state index contributed by atoms with van der Waals surface area (Å²) in [6.07, 6.45) is 7.06. The molecule has 0 radical (unpaired) electrons. The average molecular weight is 382 g/mol. The standard InChI is InChI=1S/C18H26N2O5S/c1-24-16-9-7-14(12-17(16)25-2)8-10-18(21)20-11-5-4-6-15(20)13-19-26(3,22)23/h7-10,12,15,19H,4-6,11,13H2,1-3H3/b10-8+. The van der Waals surface area contributed by atoms with Crippen molar-refractivity contribution in [3.05, 3.63) is 29.8 Å². The monoisotopic (exact) mass is 382 g/mol. The van der Waals surface area contributed by atoms with Gasteiger partial charge in [0.1, 0.15) is 0 Å². The molecule has 26 heavy (non-hydrogen) atoms. The van der Waals surface area contributed by atoms with Crippen molar-refractivity contribution in [2.75, 3.05) is 33.6 Å². The molecule has 1 atom stereocenters. The number of nitrogens with one attached hydrogen (secondary N) is 1. The Bertz CT molecular complexity index is 761. The van der Waals surface area contributed by atoms with Crippen LogP contribution in [0.3, 0.4) is 0 Å². The summed E-state index contributed by atoms with van der Waals surface area (Å²) in [5.74, 6) is 1.09. The van der Waals surface area contributed by atoms with E-state index >= 15 is 0 Å². The summed E-state index contributed by atoms with van der Waals surface area (Å²) < 4.78 is 35.6. The van der Waals surface area contributed by atoms with Gasteiger partial charge in [0, 0.05) is 25.2 Å². The Morgan fingerprint density at radius 1 is 1.27 bits per heavy atom. The van der Waals surface area contributed by atoms with E-state index in [2.05, 4.69) is 4.72 Å². The molecule has 0 saturated carbocycles. The number of hydrogen-bond acceptors (Lipinski definition) is 5. The minimum absolute atomic E-state index is 0.124. The molecule has 0 aromatic heterocycles. The second-order valence-corrected chi connectivity index (χ2v) is 8.08. The summed E-state index contributed by atoms with van der Waals surface area (Å²) in [6.45, 7) is 0.875. The second-order valence-electron chi connectivity index (χ2n) is 6.25. The fraction of sp³-hybridized carbons (Fsp3) is 0.500. The average Bonchev–Trinajstić information content (AvgIpc) is 2.63. The molecule has 144 valence electrons. The minimum atomic E-state index is -3.27. The lowest BCUT2D eigenvalue weighted by molar-refractivity contribution is -0.129. The van der Waals surface area contributed by atoms with E-state index in [1.807, 2.05) is 6.07 Å². The van der Waals surface area contributed by atoms with Crippen LogP contribution in [0.2, 0.25) is 0 Å². The lowest BCUT2D eigenvalue weighted by Gasteiger charge is -2.35. The van der Waals surface area contributed by atoms with Crippen LogP contribution in [-0.2, 0) is 14.8 Å². The number of methoxy groups -OCH3 is 2. The molecule has 0 aliphatic carbocycles. The van der Waals surface area contributed by atoms with Crippen LogP contribution < -0.4 is 14.2 Å². The molecule has 2 rings (SSSR count). The van der Waals surface area contributed by atoms with Crippen molar-refractivity contribution in [2.24, 2.45) is 0 Å². The number of likely N-dealkylation sites (tertiary alicyclic amines) is 1. The number of carbonyl (C=O) groups is 1. The molecule has 1 heterocycles. The van der Waals surface area contributed by atoms with Crippen LogP contribution in [0.5, 0.6) is 11.5 Å². The van der Waals surface area contributed by atoms with Gasteiger partial charge in [-0.25, -0.2) is 13.1 Å². The first-order valence-electron chi connectivity index (χ1n) is 8.49. The largest absolute Gasteiger partial charge is 0.493 e. The van der Waals surface area contributed by atoms with E-state index in [-0.39, 0.29) is 18.5 Å². The first-order valence-corrected chi connectivity index (χ1v) is 10.4. The number of nitrogens with zero attached hydrogens (tertiary/aromatic N) is 1. The number of hydrogen-bond donors (Lipinski definition) is 1. The highest BCUT2D eigenvalue weighted by molar-refractivity contribution is 7.88. The number of sulfonamides is 1. The quantitative estimate of drug-likeness (QED) is 0.725. The van der Waals surface area contributed by atoms with E-state index in [1.54, 1.807) is 37.3 Å². The molecular formula is C18H26N2O5S. The van der Waals surface area contributed by atoms with Gasteiger partial charge in [-0.15, -0.1) is 0 Å². The molecule has 0 spiro atoms. The smallest absolute Gasteiger partial charge is 0.246 e. The first kappa shape index (κ1) is 20.3. The number of ether oxygens (including phenoxy) is 2. The molecule has 1 aliphatic heterocycles. The first-order chi connectivity index (χ1) is 12.3. The van der Waals surface area contributed by atoms with Crippen LogP contribution in [0.4, 0.5) is 0 Å². The number of amides is 1. The Labute approximate surface area is 155 Å². The van der Waals surface area contributed by atoms with Gasteiger partial charge in [-0.05, 0) is 43.0 Å². The Morgan fingerprint density at radius 3 is 2.65 bits per heavy atom. The normalized spacial score (nSPS) is 18.1. The van der Waals surface area contributed by atoms with Crippen molar-refractivity contribution >= 4 is 22.0 Å². The Hall–Kier alpha value is -2.06. The van der Waals surface area contributed by atoms with E-state index in [0.29, 0.717) is 18.0 Å². The molecule has 7 nitrogen and oxygen atoms in total. The zero-order chi connectivity index (χ0) is 19.2. The second kappa shape index (κ2) is 9.05. The lowest BCUT2D eigenvalue weighted by Crippen LogP contribution is -2.48. The number of piperidine rings is 1. The number of carbonyl (C=O) groups excluding carboxylic acids is 1. The summed E-state index contributed by atoms with van der Waals surface area (Å²) in [5.41, 5.74) is 0.818. The van der Waals surface area contributed by atoms with Crippen LogP contribution in [0, 0.1) is 0 Å². The van der Waals surface area contributed by atoms with Crippen molar-refractivity contribution in [1.82, 2.24) is 9.62 Å². The molecule has 1 fully saturated rings. The highest BCUT2D eigenvalue weighted by Gasteiger charge is 2.25. The predicted octanol–water partition coefficient (Wildman–Crippen LogP) is 1.65. The van der Waals surface area contributed by atoms with Gasteiger partial charge in [0.2, 0.25) is 15.9 Å².